The van der Waals surface area contributed by atoms with Crippen molar-refractivity contribution in [1.82, 2.24) is 0 Å². The van der Waals surface area contributed by atoms with Crippen LogP contribution in [0.4, 0.5) is 0 Å². The lowest BCUT2D eigenvalue weighted by Crippen LogP contribution is -2.25. The number of carbonyl (C=O) groups excluding carboxylic acids is 2. The topological polar surface area (TPSA) is 52.6 Å². The summed E-state index contributed by atoms with van der Waals surface area (Å²) < 4.78 is 9.90. The zero-order chi connectivity index (χ0) is 15.3. The van der Waals surface area contributed by atoms with E-state index in [1.165, 1.54) is 7.11 Å². The minimum Gasteiger partial charge on any atom is -0.465 e. The molecule has 0 aliphatic rings. The second kappa shape index (κ2) is 6.37. The smallest absolute Gasteiger partial charge is 0.337 e. The van der Waals surface area contributed by atoms with Crippen LogP contribution in [0.15, 0.2) is 36.4 Å². The highest BCUT2D eigenvalue weighted by molar-refractivity contribution is 5.90. The Morgan fingerprint density at radius 3 is 2.45 bits per heavy atom. The fourth-order valence-corrected chi connectivity index (χ4v) is 1.59. The van der Waals surface area contributed by atoms with Gasteiger partial charge in [0.05, 0.1) is 12.7 Å². The van der Waals surface area contributed by atoms with Crippen molar-refractivity contribution in [2.75, 3.05) is 7.11 Å². The standard InChI is InChI=1S/C16H20O4/c1-11(14(17)20-16(2,3)4)9-12-7-6-8-13(10-12)15(18)19-5/h6-8,10H,1,9H2,2-5H3. The minimum atomic E-state index is -0.548. The van der Waals surface area contributed by atoms with Crippen LogP contribution in [0.5, 0.6) is 0 Å². The van der Waals surface area contributed by atoms with Gasteiger partial charge in [0, 0.05) is 12.0 Å². The number of ether oxygens (including phenoxy) is 2. The van der Waals surface area contributed by atoms with Crippen molar-refractivity contribution in [3.63, 3.8) is 0 Å². The van der Waals surface area contributed by atoms with E-state index < -0.39 is 17.5 Å². The molecule has 0 aromatic heterocycles. The molecule has 0 N–H and O–H groups in total. The number of esters is 2. The Labute approximate surface area is 119 Å². The maximum absolute atomic E-state index is 11.8. The number of benzene rings is 1. The number of methoxy groups -OCH3 is 1. The lowest BCUT2D eigenvalue weighted by atomic mass is 10.0. The van der Waals surface area contributed by atoms with Gasteiger partial charge in [-0.25, -0.2) is 9.59 Å². The van der Waals surface area contributed by atoms with Crippen LogP contribution in [0.3, 0.4) is 0 Å². The summed E-state index contributed by atoms with van der Waals surface area (Å²) in [6, 6.07) is 6.90. The molecule has 0 heterocycles. The van der Waals surface area contributed by atoms with Crippen molar-refractivity contribution in [3.8, 4) is 0 Å². The molecule has 1 rings (SSSR count). The summed E-state index contributed by atoms with van der Waals surface area (Å²) in [6.45, 7) is 9.14. The van der Waals surface area contributed by atoms with E-state index in [1.54, 1.807) is 39.0 Å². The third-order valence-corrected chi connectivity index (χ3v) is 2.45. The maximum Gasteiger partial charge on any atom is 0.337 e. The van der Waals surface area contributed by atoms with Crippen molar-refractivity contribution in [3.05, 3.63) is 47.5 Å². The molecular formula is C16H20O4. The average molecular weight is 276 g/mol. The largest absolute Gasteiger partial charge is 0.465 e. The second-order valence-electron chi connectivity index (χ2n) is 5.47. The van der Waals surface area contributed by atoms with Gasteiger partial charge >= 0.3 is 11.9 Å². The van der Waals surface area contributed by atoms with Gasteiger partial charge < -0.3 is 9.47 Å². The molecule has 0 saturated carbocycles. The van der Waals surface area contributed by atoms with E-state index in [9.17, 15) is 9.59 Å². The van der Waals surface area contributed by atoms with Crippen molar-refractivity contribution in [1.29, 1.82) is 0 Å². The summed E-state index contributed by atoms with van der Waals surface area (Å²) in [6.07, 6.45) is 0.333. The van der Waals surface area contributed by atoms with Crippen LogP contribution < -0.4 is 0 Å². The van der Waals surface area contributed by atoms with Gasteiger partial charge in [0.2, 0.25) is 0 Å². The average Bonchev–Trinajstić information content (AvgIpc) is 2.36. The van der Waals surface area contributed by atoms with Crippen LogP contribution >= 0.6 is 0 Å². The SMILES string of the molecule is C=C(Cc1cccc(C(=O)OC)c1)C(=O)OC(C)(C)C. The maximum atomic E-state index is 11.8. The van der Waals surface area contributed by atoms with Crippen LogP contribution in [-0.2, 0) is 20.7 Å². The molecule has 0 amide bonds. The van der Waals surface area contributed by atoms with E-state index >= 15 is 0 Å². The molecule has 0 aliphatic carbocycles. The highest BCUT2D eigenvalue weighted by atomic mass is 16.6. The highest BCUT2D eigenvalue weighted by Crippen LogP contribution is 2.15. The predicted octanol–water partition coefficient (Wildman–Crippen LogP) is 2.91. The normalized spacial score (nSPS) is 10.8. The van der Waals surface area contributed by atoms with Crippen LogP contribution in [0, 0.1) is 0 Å². The molecule has 0 bridgehead atoms. The molecule has 20 heavy (non-hydrogen) atoms. The quantitative estimate of drug-likeness (QED) is 0.626. The lowest BCUT2D eigenvalue weighted by Gasteiger charge is -2.20. The van der Waals surface area contributed by atoms with Gasteiger partial charge in [0.25, 0.3) is 0 Å². The monoisotopic (exact) mass is 276 g/mol. The fraction of sp³-hybridized carbons (Fsp3) is 0.375. The molecule has 4 heteroatoms. The molecule has 1 aromatic rings. The highest BCUT2D eigenvalue weighted by Gasteiger charge is 2.19. The van der Waals surface area contributed by atoms with Crippen molar-refractivity contribution in [2.24, 2.45) is 0 Å². The number of carbonyl (C=O) groups is 2. The van der Waals surface area contributed by atoms with Gasteiger partial charge in [-0.05, 0) is 38.5 Å². The summed E-state index contributed by atoms with van der Waals surface area (Å²) in [5, 5.41) is 0. The molecular weight excluding hydrogens is 256 g/mol. The summed E-state index contributed by atoms with van der Waals surface area (Å²) in [7, 11) is 1.33. The summed E-state index contributed by atoms with van der Waals surface area (Å²) in [5.74, 6) is -0.837. The Kier molecular flexibility index (Phi) is 5.08. The van der Waals surface area contributed by atoms with Gasteiger partial charge in [-0.2, -0.15) is 0 Å². The first-order valence-corrected chi connectivity index (χ1v) is 6.31. The number of rotatable bonds is 4. The summed E-state index contributed by atoms with van der Waals surface area (Å²) in [5.41, 5.74) is 1.06. The lowest BCUT2D eigenvalue weighted by molar-refractivity contribution is -0.149. The third kappa shape index (κ3) is 4.88. The van der Waals surface area contributed by atoms with Crippen LogP contribution in [0.25, 0.3) is 0 Å². The molecule has 0 unspecified atom stereocenters. The molecule has 4 nitrogen and oxygen atoms in total. The number of hydrogen-bond donors (Lipinski definition) is 0. The third-order valence-electron chi connectivity index (χ3n) is 2.45. The second-order valence-corrected chi connectivity index (χ2v) is 5.47. The van der Waals surface area contributed by atoms with E-state index in [0.717, 1.165) is 5.56 Å². The first-order valence-electron chi connectivity index (χ1n) is 6.31. The molecule has 0 saturated heterocycles. The van der Waals surface area contributed by atoms with Crippen molar-refractivity contribution >= 4 is 11.9 Å². The molecule has 108 valence electrons. The zero-order valence-electron chi connectivity index (χ0n) is 12.4. The summed E-state index contributed by atoms with van der Waals surface area (Å²) >= 11 is 0. The Morgan fingerprint density at radius 2 is 1.90 bits per heavy atom. The Morgan fingerprint density at radius 1 is 1.25 bits per heavy atom. The molecule has 0 fully saturated rings. The molecule has 0 aliphatic heterocycles. The molecule has 1 aromatic carbocycles. The molecule has 0 radical (unpaired) electrons. The van der Waals surface area contributed by atoms with E-state index in [2.05, 4.69) is 11.3 Å². The molecule has 0 spiro atoms. The molecule has 0 atom stereocenters. The van der Waals surface area contributed by atoms with Crippen LogP contribution in [0.1, 0.15) is 36.7 Å². The predicted molar refractivity (Wildman–Crippen MR) is 76.5 cm³/mol. The first kappa shape index (κ1) is 16.0. The zero-order valence-corrected chi connectivity index (χ0v) is 12.4. The minimum absolute atomic E-state index is 0.333. The van der Waals surface area contributed by atoms with E-state index in [4.69, 9.17) is 4.74 Å². The van der Waals surface area contributed by atoms with Gasteiger partial charge in [-0.3, -0.25) is 0 Å². The Hall–Kier alpha value is -2.10. The van der Waals surface area contributed by atoms with Crippen LogP contribution in [0.2, 0.25) is 0 Å². The van der Waals surface area contributed by atoms with Gasteiger partial charge in [0.15, 0.2) is 0 Å². The Bertz CT molecular complexity index is 524. The number of hydrogen-bond acceptors (Lipinski definition) is 4. The van der Waals surface area contributed by atoms with E-state index in [1.807, 2.05) is 6.07 Å². The summed E-state index contributed by atoms with van der Waals surface area (Å²) in [4.78, 5) is 23.3. The van der Waals surface area contributed by atoms with Gasteiger partial charge in [-0.1, -0.05) is 18.7 Å². The van der Waals surface area contributed by atoms with Gasteiger partial charge in [0.1, 0.15) is 5.60 Å². The van der Waals surface area contributed by atoms with Crippen molar-refractivity contribution in [2.45, 2.75) is 32.8 Å². The first-order chi connectivity index (χ1) is 9.23. The van der Waals surface area contributed by atoms with Crippen LogP contribution in [-0.4, -0.2) is 24.6 Å². The Balaban J connectivity index is 2.76. The van der Waals surface area contributed by atoms with E-state index in [-0.39, 0.29) is 0 Å². The van der Waals surface area contributed by atoms with E-state index in [0.29, 0.717) is 17.6 Å². The fourth-order valence-electron chi connectivity index (χ4n) is 1.59. The van der Waals surface area contributed by atoms with Gasteiger partial charge in [-0.15, -0.1) is 0 Å². The van der Waals surface area contributed by atoms with Crippen molar-refractivity contribution < 1.29 is 19.1 Å².